The van der Waals surface area contributed by atoms with E-state index in [0.717, 1.165) is 0 Å². The Morgan fingerprint density at radius 1 is 0.818 bits per heavy atom. The van der Waals surface area contributed by atoms with Gasteiger partial charge in [0.2, 0.25) is 0 Å². The topological polar surface area (TPSA) is 3.24 Å². The highest BCUT2D eigenvalue weighted by molar-refractivity contribution is 5.63. The fourth-order valence-electron chi connectivity index (χ4n) is 3.36. The van der Waals surface area contributed by atoms with E-state index in [9.17, 15) is 0 Å². The lowest BCUT2D eigenvalue weighted by Crippen LogP contribution is -2.31. The summed E-state index contributed by atoms with van der Waals surface area (Å²) in [6.07, 6.45) is 5.47. The van der Waals surface area contributed by atoms with Gasteiger partial charge in [-0.25, -0.2) is 0 Å². The molecule has 1 unspecified atom stereocenters. The van der Waals surface area contributed by atoms with Crippen molar-refractivity contribution in [3.8, 4) is 11.1 Å². The number of hydrogen-bond acceptors (Lipinski definition) is 1. The summed E-state index contributed by atoms with van der Waals surface area (Å²) in [7, 11) is 0. The number of nitrogens with zero attached hydrogens (tertiary/aromatic N) is 1. The van der Waals surface area contributed by atoms with Crippen LogP contribution in [0.5, 0.6) is 0 Å². The van der Waals surface area contributed by atoms with Crippen LogP contribution in [0.15, 0.2) is 54.6 Å². The van der Waals surface area contributed by atoms with E-state index >= 15 is 0 Å². The maximum atomic E-state index is 2.64. The second kappa shape index (κ2) is 7.60. The van der Waals surface area contributed by atoms with E-state index in [1.54, 1.807) is 0 Å². The number of likely N-dealkylation sites (tertiary alicyclic amines) is 1. The van der Waals surface area contributed by atoms with Gasteiger partial charge in [0.15, 0.2) is 0 Å². The molecule has 2 aromatic carbocycles. The lowest BCUT2D eigenvalue weighted by Gasteiger charge is -2.27. The predicted molar refractivity (Wildman–Crippen MR) is 95.2 cm³/mol. The summed E-state index contributed by atoms with van der Waals surface area (Å²) >= 11 is 0. The molecule has 0 spiro atoms. The molecule has 0 radical (unpaired) electrons. The normalized spacial score (nSPS) is 17.3. The first-order valence-corrected chi connectivity index (χ1v) is 8.71. The lowest BCUT2D eigenvalue weighted by molar-refractivity contribution is 0.222. The van der Waals surface area contributed by atoms with E-state index in [0.29, 0.717) is 5.92 Å². The molecule has 0 saturated carbocycles. The van der Waals surface area contributed by atoms with Gasteiger partial charge in [0.05, 0.1) is 0 Å². The van der Waals surface area contributed by atoms with Crippen molar-refractivity contribution < 1.29 is 0 Å². The fourth-order valence-corrected chi connectivity index (χ4v) is 3.36. The Hall–Kier alpha value is -1.60. The molecule has 1 aliphatic rings. The zero-order valence-electron chi connectivity index (χ0n) is 13.7. The van der Waals surface area contributed by atoms with Gasteiger partial charge in [-0.15, -0.1) is 0 Å². The molecule has 0 aromatic heterocycles. The van der Waals surface area contributed by atoms with E-state index < -0.39 is 0 Å². The third-order valence-corrected chi connectivity index (χ3v) is 4.91. The van der Waals surface area contributed by atoms with Gasteiger partial charge in [-0.05, 0) is 61.5 Å². The van der Waals surface area contributed by atoms with Gasteiger partial charge in [-0.1, -0.05) is 67.9 Å². The molecule has 22 heavy (non-hydrogen) atoms. The van der Waals surface area contributed by atoms with Crippen LogP contribution in [-0.2, 0) is 0 Å². The molecular formula is C21H27N. The Kier molecular flexibility index (Phi) is 5.29. The fraction of sp³-hybridized carbons (Fsp3) is 0.429. The monoisotopic (exact) mass is 293 g/mol. The Morgan fingerprint density at radius 2 is 1.45 bits per heavy atom. The average molecular weight is 293 g/mol. The van der Waals surface area contributed by atoms with Crippen molar-refractivity contribution in [3.05, 3.63) is 60.2 Å². The zero-order chi connectivity index (χ0) is 15.2. The van der Waals surface area contributed by atoms with Crippen LogP contribution in [0.3, 0.4) is 0 Å². The van der Waals surface area contributed by atoms with Gasteiger partial charge in [0, 0.05) is 0 Å². The van der Waals surface area contributed by atoms with Gasteiger partial charge in [-0.2, -0.15) is 0 Å². The quantitative estimate of drug-likeness (QED) is 0.720. The van der Waals surface area contributed by atoms with Crippen LogP contribution in [0.1, 0.15) is 44.1 Å². The number of piperidine rings is 1. The summed E-state index contributed by atoms with van der Waals surface area (Å²) in [6.45, 7) is 6.22. The molecule has 2 aromatic rings. The van der Waals surface area contributed by atoms with Gasteiger partial charge in [0.25, 0.3) is 0 Å². The van der Waals surface area contributed by atoms with Crippen LogP contribution in [0.4, 0.5) is 0 Å². The van der Waals surface area contributed by atoms with Gasteiger partial charge < -0.3 is 4.90 Å². The summed E-state index contributed by atoms with van der Waals surface area (Å²) in [6, 6.07) is 19.8. The van der Waals surface area contributed by atoms with E-state index in [1.807, 2.05) is 0 Å². The Labute approximate surface area is 135 Å². The first-order chi connectivity index (χ1) is 10.8. The Bertz CT molecular complexity index is 552. The minimum Gasteiger partial charge on any atom is -0.303 e. The maximum Gasteiger partial charge on any atom is -0.00130 e. The minimum absolute atomic E-state index is 0.645. The highest BCUT2D eigenvalue weighted by Gasteiger charge is 2.12. The van der Waals surface area contributed by atoms with E-state index in [1.165, 1.54) is 62.0 Å². The van der Waals surface area contributed by atoms with Crippen LogP contribution in [0.2, 0.25) is 0 Å². The SMILES string of the molecule is CC(CCN1CCCCC1)c1ccc(-c2ccccc2)cc1. The molecule has 3 rings (SSSR count). The second-order valence-corrected chi connectivity index (χ2v) is 6.58. The molecule has 0 aliphatic carbocycles. The summed E-state index contributed by atoms with van der Waals surface area (Å²) in [5.41, 5.74) is 4.08. The molecule has 0 N–H and O–H groups in total. The van der Waals surface area contributed by atoms with E-state index in [4.69, 9.17) is 0 Å². The predicted octanol–water partition coefficient (Wildman–Crippen LogP) is 5.33. The number of rotatable bonds is 5. The molecule has 0 bridgehead atoms. The third-order valence-electron chi connectivity index (χ3n) is 4.91. The third kappa shape index (κ3) is 3.98. The van der Waals surface area contributed by atoms with Gasteiger partial charge >= 0.3 is 0 Å². The van der Waals surface area contributed by atoms with Gasteiger partial charge in [-0.3, -0.25) is 0 Å². The van der Waals surface area contributed by atoms with Crippen LogP contribution in [-0.4, -0.2) is 24.5 Å². The van der Waals surface area contributed by atoms with Crippen LogP contribution in [0.25, 0.3) is 11.1 Å². The van der Waals surface area contributed by atoms with Crippen molar-refractivity contribution in [2.24, 2.45) is 0 Å². The van der Waals surface area contributed by atoms with Crippen molar-refractivity contribution >= 4 is 0 Å². The van der Waals surface area contributed by atoms with Crippen molar-refractivity contribution in [1.29, 1.82) is 0 Å². The van der Waals surface area contributed by atoms with Crippen LogP contribution < -0.4 is 0 Å². The first-order valence-electron chi connectivity index (χ1n) is 8.71. The molecule has 1 heterocycles. The largest absolute Gasteiger partial charge is 0.303 e. The van der Waals surface area contributed by atoms with E-state index in [2.05, 4.69) is 66.4 Å². The second-order valence-electron chi connectivity index (χ2n) is 6.58. The molecule has 1 fully saturated rings. The van der Waals surface area contributed by atoms with Crippen molar-refractivity contribution in [1.82, 2.24) is 4.90 Å². The molecule has 0 amide bonds. The molecule has 1 nitrogen and oxygen atoms in total. The number of hydrogen-bond donors (Lipinski definition) is 0. The van der Waals surface area contributed by atoms with Crippen molar-refractivity contribution in [3.63, 3.8) is 0 Å². The van der Waals surface area contributed by atoms with Gasteiger partial charge in [0.1, 0.15) is 0 Å². The summed E-state index contributed by atoms with van der Waals surface area (Å²) in [5.74, 6) is 0.645. The molecule has 116 valence electrons. The molecule has 1 saturated heterocycles. The molecule has 1 atom stereocenters. The summed E-state index contributed by atoms with van der Waals surface area (Å²) in [4.78, 5) is 2.64. The van der Waals surface area contributed by atoms with Crippen molar-refractivity contribution in [2.75, 3.05) is 19.6 Å². The molecule has 1 aliphatic heterocycles. The summed E-state index contributed by atoms with van der Waals surface area (Å²) in [5, 5.41) is 0. The smallest absolute Gasteiger partial charge is 0.00130 e. The Morgan fingerprint density at radius 3 is 2.14 bits per heavy atom. The zero-order valence-corrected chi connectivity index (χ0v) is 13.7. The number of benzene rings is 2. The molecular weight excluding hydrogens is 266 g/mol. The minimum atomic E-state index is 0.645. The maximum absolute atomic E-state index is 2.64. The highest BCUT2D eigenvalue weighted by atomic mass is 15.1. The highest BCUT2D eigenvalue weighted by Crippen LogP contribution is 2.24. The standard InChI is InChI=1S/C21H27N/c1-18(14-17-22-15-6-3-7-16-22)19-10-12-21(13-11-19)20-8-4-2-5-9-20/h2,4-5,8-13,18H,3,6-7,14-17H2,1H3. The average Bonchev–Trinajstić information content (AvgIpc) is 2.61. The van der Waals surface area contributed by atoms with Crippen LogP contribution in [0, 0.1) is 0 Å². The Balaban J connectivity index is 1.57. The van der Waals surface area contributed by atoms with E-state index in [-0.39, 0.29) is 0 Å². The summed E-state index contributed by atoms with van der Waals surface area (Å²) < 4.78 is 0. The van der Waals surface area contributed by atoms with Crippen molar-refractivity contribution in [2.45, 2.75) is 38.5 Å². The molecule has 1 heteroatoms. The van der Waals surface area contributed by atoms with Crippen LogP contribution >= 0.6 is 0 Å². The lowest BCUT2D eigenvalue weighted by atomic mass is 9.95. The first kappa shape index (κ1) is 15.3.